The summed E-state index contributed by atoms with van der Waals surface area (Å²) in [6.45, 7) is 1.84. The van der Waals surface area contributed by atoms with Crippen LogP contribution in [0.5, 0.6) is 0 Å². The van der Waals surface area contributed by atoms with Crippen LogP contribution in [0, 0.1) is 0 Å². The van der Waals surface area contributed by atoms with Crippen molar-refractivity contribution in [2.75, 3.05) is 0 Å². The minimum atomic E-state index is -0.358. The van der Waals surface area contributed by atoms with Crippen molar-refractivity contribution in [1.82, 2.24) is 20.1 Å². The van der Waals surface area contributed by atoms with Crippen molar-refractivity contribution in [3.8, 4) is 0 Å². The average molecular weight is 490 g/mol. The molecule has 0 aliphatic heterocycles. The highest BCUT2D eigenvalue weighted by Gasteiger charge is 2.19. The van der Waals surface area contributed by atoms with Gasteiger partial charge in [0, 0.05) is 28.4 Å². The molecule has 0 unspecified atom stereocenters. The third-order valence-electron chi connectivity index (χ3n) is 4.16. The second-order valence-corrected chi connectivity index (χ2v) is 8.85. The molecule has 0 radical (unpaired) electrons. The molecule has 1 amide bonds. The largest absolute Gasteiger partial charge is 0.342 e. The lowest BCUT2D eigenvalue weighted by Gasteiger charge is -2.14. The molecule has 0 saturated carbocycles. The standard InChI is InChI=1S/C19H16Cl4N4OS/c1-10(24-18(28)11-4-6-14(21)16(23)7-11)17-25-26-19(27(17)2)29-9-12-3-5-13(20)8-15(12)22/h3-8,10H,9H2,1-2H3,(H,24,28)/t10-/m0/s1. The number of hydrogen-bond acceptors (Lipinski definition) is 4. The zero-order chi connectivity index (χ0) is 21.1. The van der Waals surface area contributed by atoms with Crippen LogP contribution in [-0.2, 0) is 12.8 Å². The fourth-order valence-corrected chi connectivity index (χ4v) is 4.37. The molecule has 3 aromatic rings. The first-order chi connectivity index (χ1) is 13.8. The summed E-state index contributed by atoms with van der Waals surface area (Å²) in [5.41, 5.74) is 1.37. The van der Waals surface area contributed by atoms with E-state index in [1.54, 1.807) is 24.3 Å². The SMILES string of the molecule is C[C@H](NC(=O)c1ccc(Cl)c(Cl)c1)c1nnc(SCc2ccc(Cl)cc2Cl)n1C. The number of benzene rings is 2. The van der Waals surface area contributed by atoms with Gasteiger partial charge in [0.1, 0.15) is 0 Å². The first-order valence-electron chi connectivity index (χ1n) is 8.48. The van der Waals surface area contributed by atoms with Crippen molar-refractivity contribution >= 4 is 64.1 Å². The van der Waals surface area contributed by atoms with E-state index in [0.717, 1.165) is 5.56 Å². The molecule has 0 spiro atoms. The second-order valence-electron chi connectivity index (χ2n) is 6.25. The van der Waals surface area contributed by atoms with Gasteiger partial charge < -0.3 is 9.88 Å². The molecule has 10 heteroatoms. The number of hydrogen-bond donors (Lipinski definition) is 1. The Hall–Kier alpha value is -1.44. The van der Waals surface area contributed by atoms with Gasteiger partial charge in [-0.05, 0) is 42.8 Å². The van der Waals surface area contributed by atoms with Crippen molar-refractivity contribution in [2.24, 2.45) is 7.05 Å². The lowest BCUT2D eigenvalue weighted by atomic mass is 10.2. The number of rotatable bonds is 6. The lowest BCUT2D eigenvalue weighted by Crippen LogP contribution is -2.28. The molecule has 3 rings (SSSR count). The molecular weight excluding hydrogens is 474 g/mol. The molecule has 29 heavy (non-hydrogen) atoms. The molecule has 2 aromatic carbocycles. The Balaban J connectivity index is 1.67. The van der Waals surface area contributed by atoms with Crippen LogP contribution in [0.3, 0.4) is 0 Å². The lowest BCUT2D eigenvalue weighted by molar-refractivity contribution is 0.0937. The maximum atomic E-state index is 12.5. The molecule has 152 valence electrons. The van der Waals surface area contributed by atoms with Gasteiger partial charge in [0.2, 0.25) is 0 Å². The Morgan fingerprint density at radius 3 is 2.52 bits per heavy atom. The molecular formula is C19H16Cl4N4OS. The van der Waals surface area contributed by atoms with Gasteiger partial charge in [-0.3, -0.25) is 4.79 Å². The maximum absolute atomic E-state index is 12.5. The van der Waals surface area contributed by atoms with Gasteiger partial charge in [-0.15, -0.1) is 10.2 Å². The Bertz CT molecular complexity index is 1060. The van der Waals surface area contributed by atoms with Gasteiger partial charge >= 0.3 is 0 Å². The van der Waals surface area contributed by atoms with Gasteiger partial charge in [-0.2, -0.15) is 0 Å². The summed E-state index contributed by atoms with van der Waals surface area (Å²) in [5, 5.41) is 14.0. The zero-order valence-electron chi connectivity index (χ0n) is 15.4. The molecule has 1 aromatic heterocycles. The van der Waals surface area contributed by atoms with Gasteiger partial charge in [-0.1, -0.05) is 64.2 Å². The van der Waals surface area contributed by atoms with E-state index in [4.69, 9.17) is 46.4 Å². The first kappa shape index (κ1) is 22.2. The predicted molar refractivity (Wildman–Crippen MR) is 119 cm³/mol. The van der Waals surface area contributed by atoms with Gasteiger partial charge in [0.25, 0.3) is 5.91 Å². The van der Waals surface area contributed by atoms with Crippen molar-refractivity contribution in [3.05, 3.63) is 73.4 Å². The van der Waals surface area contributed by atoms with Crippen molar-refractivity contribution in [1.29, 1.82) is 0 Å². The third-order valence-corrected chi connectivity index (χ3v) is 6.55. The van der Waals surface area contributed by atoms with Crippen LogP contribution in [0.1, 0.15) is 34.7 Å². The number of carbonyl (C=O) groups excluding carboxylic acids is 1. The Labute approximate surface area is 192 Å². The fraction of sp³-hybridized carbons (Fsp3) is 0.211. The minimum absolute atomic E-state index is 0.277. The molecule has 5 nitrogen and oxygen atoms in total. The van der Waals surface area contributed by atoms with Gasteiger partial charge in [0.15, 0.2) is 11.0 Å². The monoisotopic (exact) mass is 488 g/mol. The highest BCUT2D eigenvalue weighted by molar-refractivity contribution is 7.98. The van der Waals surface area contributed by atoms with Crippen molar-refractivity contribution in [3.63, 3.8) is 0 Å². The second kappa shape index (κ2) is 9.58. The first-order valence-corrected chi connectivity index (χ1v) is 11.0. The number of thioether (sulfide) groups is 1. The van der Waals surface area contributed by atoms with E-state index in [2.05, 4.69) is 15.5 Å². The summed E-state index contributed by atoms with van der Waals surface area (Å²) in [6, 6.07) is 9.76. The topological polar surface area (TPSA) is 59.8 Å². The van der Waals surface area contributed by atoms with Crippen LogP contribution in [0.15, 0.2) is 41.6 Å². The normalized spacial score (nSPS) is 12.1. The van der Waals surface area contributed by atoms with E-state index in [0.29, 0.717) is 42.4 Å². The van der Waals surface area contributed by atoms with E-state index in [9.17, 15) is 4.79 Å². The molecule has 1 N–H and O–H groups in total. The molecule has 0 aliphatic carbocycles. The minimum Gasteiger partial charge on any atom is -0.342 e. The predicted octanol–water partition coefficient (Wildman–Crippen LogP) is 6.21. The number of aromatic nitrogens is 3. The molecule has 1 heterocycles. The summed E-state index contributed by atoms with van der Waals surface area (Å²) in [7, 11) is 1.85. The third kappa shape index (κ3) is 5.38. The maximum Gasteiger partial charge on any atom is 0.251 e. The van der Waals surface area contributed by atoms with E-state index in [1.807, 2.05) is 24.6 Å². The van der Waals surface area contributed by atoms with Crippen LogP contribution in [0.4, 0.5) is 0 Å². The van der Waals surface area contributed by atoms with E-state index < -0.39 is 0 Å². The van der Waals surface area contributed by atoms with Crippen LogP contribution >= 0.6 is 58.2 Å². The Morgan fingerprint density at radius 1 is 1.07 bits per heavy atom. The molecule has 0 aliphatic rings. The molecule has 0 fully saturated rings. The number of nitrogens with one attached hydrogen (secondary N) is 1. The summed E-state index contributed by atoms with van der Waals surface area (Å²) >= 11 is 25.5. The van der Waals surface area contributed by atoms with E-state index in [1.165, 1.54) is 17.8 Å². The fourth-order valence-electron chi connectivity index (χ4n) is 2.59. The van der Waals surface area contributed by atoms with Gasteiger partial charge in [0.05, 0.1) is 16.1 Å². The Morgan fingerprint density at radius 2 is 1.83 bits per heavy atom. The zero-order valence-corrected chi connectivity index (χ0v) is 19.3. The number of nitrogens with zero attached hydrogens (tertiary/aromatic N) is 3. The summed E-state index contributed by atoms with van der Waals surface area (Å²) in [4.78, 5) is 12.5. The molecule has 1 atom stereocenters. The van der Waals surface area contributed by atoms with Crippen LogP contribution in [0.25, 0.3) is 0 Å². The summed E-state index contributed by atoms with van der Waals surface area (Å²) < 4.78 is 1.84. The number of halogens is 4. The van der Waals surface area contributed by atoms with Crippen molar-refractivity contribution in [2.45, 2.75) is 23.9 Å². The summed E-state index contributed by atoms with van der Waals surface area (Å²) in [6.07, 6.45) is 0. The quantitative estimate of drug-likeness (QED) is 0.418. The van der Waals surface area contributed by atoms with Crippen LogP contribution < -0.4 is 5.32 Å². The highest BCUT2D eigenvalue weighted by Crippen LogP contribution is 2.28. The van der Waals surface area contributed by atoms with E-state index in [-0.39, 0.29) is 11.9 Å². The Kier molecular flexibility index (Phi) is 7.35. The number of amides is 1. The van der Waals surface area contributed by atoms with Crippen molar-refractivity contribution < 1.29 is 4.79 Å². The van der Waals surface area contributed by atoms with Crippen LogP contribution in [0.2, 0.25) is 20.1 Å². The average Bonchev–Trinajstić information content (AvgIpc) is 3.04. The smallest absolute Gasteiger partial charge is 0.251 e. The van der Waals surface area contributed by atoms with Crippen LogP contribution in [-0.4, -0.2) is 20.7 Å². The molecule has 0 bridgehead atoms. The number of carbonyl (C=O) groups is 1. The van der Waals surface area contributed by atoms with Gasteiger partial charge in [-0.25, -0.2) is 0 Å². The van der Waals surface area contributed by atoms with E-state index >= 15 is 0 Å². The highest BCUT2D eigenvalue weighted by atomic mass is 35.5. The molecule has 0 saturated heterocycles. The summed E-state index contributed by atoms with van der Waals surface area (Å²) in [5.74, 6) is 0.968.